The molecule has 3 amide bonds. The lowest BCUT2D eigenvalue weighted by atomic mass is 9.88. The summed E-state index contributed by atoms with van der Waals surface area (Å²) >= 11 is 0. The molecule has 4 rings (SSSR count). The van der Waals surface area contributed by atoms with Gasteiger partial charge in [-0.1, -0.05) is 74.5 Å². The van der Waals surface area contributed by atoms with Crippen LogP contribution in [0.4, 0.5) is 0 Å². The first kappa shape index (κ1) is 38.7. The molecule has 0 radical (unpaired) electrons. The maximum atomic E-state index is 14.0. The summed E-state index contributed by atoms with van der Waals surface area (Å²) in [5.41, 5.74) is 13.8. The zero-order chi connectivity index (χ0) is 36.2. The van der Waals surface area contributed by atoms with Gasteiger partial charge in [-0.2, -0.15) is 0 Å². The van der Waals surface area contributed by atoms with E-state index < -0.39 is 35.9 Å². The number of carbonyl (C=O) groups is 5. The standard InChI is InChI=1S/C39H55N5O6/c1-25(2)17-28(36(46)42-33(15-9-10-16-40)38(48)44-23-30-20-29(39(49)50)21-31(30)24-44)22-35(45)34(19-27-13-7-4-8-14-27)43-37(47)32(41)18-26-11-5-3-6-12-26/h3-8,11-14,25,28-34H,9-10,15-24,40-41H2,1-2H3,(H,42,46)(H,43,47)(H,49,50). The van der Waals surface area contributed by atoms with Crippen LogP contribution in [0.2, 0.25) is 0 Å². The third-order valence-electron chi connectivity index (χ3n) is 10.2. The normalized spacial score (nSPS) is 20.8. The van der Waals surface area contributed by atoms with E-state index in [4.69, 9.17) is 11.5 Å². The Morgan fingerprint density at radius 2 is 1.38 bits per heavy atom. The van der Waals surface area contributed by atoms with E-state index in [0.29, 0.717) is 64.6 Å². The monoisotopic (exact) mass is 689 g/mol. The van der Waals surface area contributed by atoms with E-state index in [0.717, 1.165) is 11.1 Å². The second kappa shape index (κ2) is 18.8. The minimum Gasteiger partial charge on any atom is -0.481 e. The Bertz CT molecular complexity index is 1420. The lowest BCUT2D eigenvalue weighted by Crippen LogP contribution is -2.52. The van der Waals surface area contributed by atoms with Crippen LogP contribution in [0.15, 0.2) is 60.7 Å². The van der Waals surface area contributed by atoms with Gasteiger partial charge in [-0.15, -0.1) is 0 Å². The van der Waals surface area contributed by atoms with Crippen LogP contribution in [0, 0.1) is 29.6 Å². The molecule has 0 aromatic heterocycles. The molecular formula is C39H55N5O6. The van der Waals surface area contributed by atoms with Gasteiger partial charge in [-0.25, -0.2) is 0 Å². The molecule has 1 aliphatic heterocycles. The van der Waals surface area contributed by atoms with Gasteiger partial charge in [0, 0.05) is 25.4 Å². The van der Waals surface area contributed by atoms with Crippen LogP contribution in [-0.2, 0) is 36.8 Å². The molecule has 1 aliphatic carbocycles. The molecule has 11 heteroatoms. The number of carboxylic acids is 1. The molecule has 2 aromatic carbocycles. The van der Waals surface area contributed by atoms with Gasteiger partial charge in [0.2, 0.25) is 17.7 Å². The summed E-state index contributed by atoms with van der Waals surface area (Å²) in [4.78, 5) is 68.5. The van der Waals surface area contributed by atoms with Crippen LogP contribution >= 0.6 is 0 Å². The Morgan fingerprint density at radius 1 is 0.820 bits per heavy atom. The van der Waals surface area contributed by atoms with Gasteiger partial charge < -0.3 is 32.1 Å². The van der Waals surface area contributed by atoms with E-state index in [1.165, 1.54) is 0 Å². The number of Topliss-reactive ketones (excluding diaryl/α,β-unsaturated/α-hetero) is 1. The highest BCUT2D eigenvalue weighted by molar-refractivity contribution is 5.95. The fourth-order valence-electron chi connectivity index (χ4n) is 7.51. The summed E-state index contributed by atoms with van der Waals surface area (Å²) in [6.07, 6.45) is 3.77. The van der Waals surface area contributed by atoms with Gasteiger partial charge in [0.15, 0.2) is 5.78 Å². The highest BCUT2D eigenvalue weighted by Crippen LogP contribution is 2.41. The highest BCUT2D eigenvalue weighted by atomic mass is 16.4. The van der Waals surface area contributed by atoms with Crippen molar-refractivity contribution in [2.75, 3.05) is 19.6 Å². The van der Waals surface area contributed by atoms with Gasteiger partial charge in [0.05, 0.1) is 18.0 Å². The number of ketones is 1. The zero-order valence-electron chi connectivity index (χ0n) is 29.5. The predicted octanol–water partition coefficient (Wildman–Crippen LogP) is 3.09. The first-order valence-electron chi connectivity index (χ1n) is 18.1. The molecule has 6 unspecified atom stereocenters. The number of amides is 3. The molecule has 2 aromatic rings. The van der Waals surface area contributed by atoms with Crippen molar-refractivity contribution in [2.24, 2.45) is 41.1 Å². The van der Waals surface area contributed by atoms with Crippen molar-refractivity contribution in [3.8, 4) is 0 Å². The van der Waals surface area contributed by atoms with Crippen molar-refractivity contribution in [1.82, 2.24) is 15.5 Å². The maximum Gasteiger partial charge on any atom is 0.306 e. The average molecular weight is 690 g/mol. The first-order chi connectivity index (χ1) is 23.9. The lowest BCUT2D eigenvalue weighted by molar-refractivity contribution is -0.142. The third-order valence-corrected chi connectivity index (χ3v) is 10.2. The van der Waals surface area contributed by atoms with Gasteiger partial charge in [0.1, 0.15) is 6.04 Å². The number of nitrogens with one attached hydrogen (secondary N) is 2. The number of unbranched alkanes of at least 4 members (excludes halogenated alkanes) is 1. The van der Waals surface area contributed by atoms with Gasteiger partial charge in [0.25, 0.3) is 0 Å². The van der Waals surface area contributed by atoms with E-state index in [1.54, 1.807) is 4.90 Å². The second-order valence-electron chi connectivity index (χ2n) is 14.7. The van der Waals surface area contributed by atoms with E-state index in [-0.39, 0.29) is 54.1 Å². The number of fused-ring (bicyclic) bond motifs is 1. The smallest absolute Gasteiger partial charge is 0.306 e. The number of nitrogens with two attached hydrogens (primary N) is 2. The summed E-state index contributed by atoms with van der Waals surface area (Å²) in [7, 11) is 0. The number of benzene rings is 2. The van der Waals surface area contributed by atoms with Crippen LogP contribution in [-0.4, -0.2) is 77.2 Å². The van der Waals surface area contributed by atoms with Gasteiger partial charge >= 0.3 is 5.97 Å². The number of carboxylic acid groups (broad SMARTS) is 1. The van der Waals surface area contributed by atoms with Crippen LogP contribution in [0.1, 0.15) is 69.9 Å². The summed E-state index contributed by atoms with van der Waals surface area (Å²) in [6.45, 7) is 5.39. The minimum atomic E-state index is -0.894. The fourth-order valence-corrected chi connectivity index (χ4v) is 7.51. The average Bonchev–Trinajstić information content (AvgIpc) is 3.68. The second-order valence-corrected chi connectivity index (χ2v) is 14.7. The number of hydrogen-bond donors (Lipinski definition) is 5. The summed E-state index contributed by atoms with van der Waals surface area (Å²) < 4.78 is 0. The van der Waals surface area contributed by atoms with Crippen molar-refractivity contribution < 1.29 is 29.1 Å². The van der Waals surface area contributed by atoms with Crippen molar-refractivity contribution >= 4 is 29.5 Å². The Morgan fingerprint density at radius 3 is 1.92 bits per heavy atom. The zero-order valence-corrected chi connectivity index (χ0v) is 29.5. The molecule has 0 spiro atoms. The third kappa shape index (κ3) is 11.2. The molecule has 1 saturated heterocycles. The highest BCUT2D eigenvalue weighted by Gasteiger charge is 2.45. The molecule has 0 bridgehead atoms. The predicted molar refractivity (Wildman–Crippen MR) is 192 cm³/mol. The van der Waals surface area contributed by atoms with Crippen molar-refractivity contribution in [1.29, 1.82) is 0 Å². The van der Waals surface area contributed by atoms with Crippen molar-refractivity contribution in [3.05, 3.63) is 71.8 Å². The Labute approximate surface area is 295 Å². The molecule has 6 atom stereocenters. The van der Waals surface area contributed by atoms with Crippen LogP contribution in [0.3, 0.4) is 0 Å². The molecule has 1 heterocycles. The molecular weight excluding hydrogens is 634 g/mol. The van der Waals surface area contributed by atoms with Crippen LogP contribution in [0.25, 0.3) is 0 Å². The number of hydrogen-bond acceptors (Lipinski definition) is 7. The molecule has 7 N–H and O–H groups in total. The molecule has 2 fully saturated rings. The van der Waals surface area contributed by atoms with Crippen molar-refractivity contribution in [3.63, 3.8) is 0 Å². The van der Waals surface area contributed by atoms with E-state index >= 15 is 0 Å². The molecule has 11 nitrogen and oxygen atoms in total. The summed E-state index contributed by atoms with van der Waals surface area (Å²) in [5.74, 6) is -2.75. The number of rotatable bonds is 19. The minimum absolute atomic E-state index is 0.0894. The SMILES string of the molecule is CC(C)CC(CC(=O)C(Cc1ccccc1)NC(=O)C(N)Cc1ccccc1)C(=O)NC(CCCCN)C(=O)N1CC2CC(C(=O)O)CC2C1. The fraction of sp³-hybridized carbons (Fsp3) is 0.564. The molecule has 272 valence electrons. The van der Waals surface area contributed by atoms with Crippen LogP contribution in [0.5, 0.6) is 0 Å². The van der Waals surface area contributed by atoms with Gasteiger partial charge in [-0.05, 0) is 86.8 Å². The Kier molecular flexibility index (Phi) is 14.5. The largest absolute Gasteiger partial charge is 0.481 e. The topological polar surface area (TPSA) is 185 Å². The van der Waals surface area contributed by atoms with Crippen LogP contribution < -0.4 is 22.1 Å². The van der Waals surface area contributed by atoms with E-state index in [1.807, 2.05) is 74.5 Å². The number of likely N-dealkylation sites (tertiary alicyclic amines) is 1. The van der Waals surface area contributed by atoms with E-state index in [9.17, 15) is 29.1 Å². The molecule has 50 heavy (non-hydrogen) atoms. The summed E-state index contributed by atoms with van der Waals surface area (Å²) in [5, 5.41) is 15.4. The van der Waals surface area contributed by atoms with Gasteiger partial charge in [-0.3, -0.25) is 24.0 Å². The summed E-state index contributed by atoms with van der Waals surface area (Å²) in [6, 6.07) is 16.3. The Balaban J connectivity index is 1.46. The first-order valence-corrected chi connectivity index (χ1v) is 18.1. The quantitative estimate of drug-likeness (QED) is 0.139. The Hall–Kier alpha value is -4.09. The number of nitrogens with zero attached hydrogens (tertiary/aromatic N) is 1. The molecule has 1 saturated carbocycles. The maximum absolute atomic E-state index is 14.0. The number of aliphatic carboxylic acids is 1. The van der Waals surface area contributed by atoms with E-state index in [2.05, 4.69) is 10.6 Å². The number of carbonyl (C=O) groups excluding carboxylic acids is 4. The lowest BCUT2D eigenvalue weighted by Gasteiger charge is -2.28. The van der Waals surface area contributed by atoms with Crippen molar-refractivity contribution in [2.45, 2.75) is 89.8 Å². The molecule has 2 aliphatic rings.